The second kappa shape index (κ2) is 12.0. The van der Waals surface area contributed by atoms with Gasteiger partial charge in [-0.3, -0.25) is 4.99 Å². The topological polar surface area (TPSA) is 37.1 Å². The first kappa shape index (κ1) is 28.5. The SMILES string of the molecule is C=NC(=NC(=NCc1ccccc1)c1ccc2c(c1)C(C)(C)c1cccc3c4ccccc4p-2c13)c1ccccc1.CC. The highest BCUT2D eigenvalue weighted by Gasteiger charge is 2.35. The maximum Gasteiger partial charge on any atom is 0.161 e. The van der Waals surface area contributed by atoms with Crippen LogP contribution in [0.1, 0.15) is 55.5 Å². The summed E-state index contributed by atoms with van der Waals surface area (Å²) in [6.45, 7) is 13.1. The van der Waals surface area contributed by atoms with E-state index in [-0.39, 0.29) is 5.41 Å². The summed E-state index contributed by atoms with van der Waals surface area (Å²) in [6.07, 6.45) is 0. The van der Waals surface area contributed by atoms with Gasteiger partial charge in [0.05, 0.1) is 6.54 Å². The third-order valence-electron chi connectivity index (χ3n) is 8.18. The van der Waals surface area contributed by atoms with E-state index in [0.29, 0.717) is 18.2 Å². The maximum absolute atomic E-state index is 5.05. The first-order valence-corrected chi connectivity index (χ1v) is 16.3. The zero-order chi connectivity index (χ0) is 30.0. The van der Waals surface area contributed by atoms with E-state index < -0.39 is 7.53 Å². The molecular weight excluding hydrogens is 541 g/mol. The molecule has 3 nitrogen and oxygen atoms in total. The van der Waals surface area contributed by atoms with Crippen molar-refractivity contribution in [2.45, 2.75) is 39.7 Å². The lowest BCUT2D eigenvalue weighted by atomic mass is 9.77. The Morgan fingerprint density at radius 3 is 2.09 bits per heavy atom. The maximum atomic E-state index is 5.05. The highest BCUT2D eigenvalue weighted by Crippen LogP contribution is 2.63. The minimum Gasteiger partial charge on any atom is -0.261 e. The molecule has 1 aliphatic heterocycles. The highest BCUT2D eigenvalue weighted by molar-refractivity contribution is 7.68. The van der Waals surface area contributed by atoms with Crippen LogP contribution in [0.25, 0.3) is 26.3 Å². The van der Waals surface area contributed by atoms with Gasteiger partial charge in [0.1, 0.15) is 0 Å². The molecule has 2 heterocycles. The molecule has 0 N–H and O–H groups in total. The third-order valence-corrected chi connectivity index (χ3v) is 10.9. The van der Waals surface area contributed by atoms with Crippen molar-refractivity contribution >= 4 is 46.9 Å². The number of rotatable bonds is 4. The molecule has 4 heteroatoms. The summed E-state index contributed by atoms with van der Waals surface area (Å²) < 4.78 is 0. The minimum absolute atomic E-state index is 0.162. The summed E-state index contributed by atoms with van der Waals surface area (Å²) in [5.41, 5.74) is 5.65. The van der Waals surface area contributed by atoms with E-state index in [1.165, 1.54) is 37.4 Å². The van der Waals surface area contributed by atoms with Gasteiger partial charge in [0.2, 0.25) is 0 Å². The minimum atomic E-state index is -0.619. The monoisotopic (exact) mass is 577 g/mol. The lowest BCUT2D eigenvalue weighted by Gasteiger charge is -2.34. The number of nitrogens with zero attached hydrogens (tertiary/aromatic N) is 3. The van der Waals surface area contributed by atoms with Gasteiger partial charge in [0.15, 0.2) is 11.7 Å². The van der Waals surface area contributed by atoms with Crippen molar-refractivity contribution in [1.29, 1.82) is 0 Å². The van der Waals surface area contributed by atoms with Gasteiger partial charge in [-0.05, 0) is 46.3 Å². The first-order valence-electron chi connectivity index (χ1n) is 14.9. The van der Waals surface area contributed by atoms with E-state index >= 15 is 0 Å². The Labute approximate surface area is 255 Å². The van der Waals surface area contributed by atoms with Crippen molar-refractivity contribution in [3.05, 3.63) is 149 Å². The lowest BCUT2D eigenvalue weighted by Crippen LogP contribution is -2.22. The van der Waals surface area contributed by atoms with Crippen molar-refractivity contribution in [1.82, 2.24) is 0 Å². The Balaban J connectivity index is 0.00000161. The Hall–Kier alpha value is -4.59. The average Bonchev–Trinajstić information content (AvgIpc) is 3.40. The van der Waals surface area contributed by atoms with Crippen LogP contribution in [0.5, 0.6) is 0 Å². The number of benzene rings is 5. The molecule has 1 atom stereocenters. The molecule has 43 heavy (non-hydrogen) atoms. The fourth-order valence-electron chi connectivity index (χ4n) is 6.11. The molecule has 0 radical (unpaired) electrons. The van der Waals surface area contributed by atoms with Gasteiger partial charge in [-0.2, -0.15) is 0 Å². The molecule has 0 saturated carbocycles. The summed E-state index contributed by atoms with van der Waals surface area (Å²) in [5, 5.41) is 7.17. The molecule has 1 aromatic heterocycles. The predicted molar refractivity (Wildman–Crippen MR) is 188 cm³/mol. The molecule has 0 aliphatic carbocycles. The first-order chi connectivity index (χ1) is 21.1. The number of aliphatic imine (C=N–C) groups is 3. The predicted octanol–water partition coefficient (Wildman–Crippen LogP) is 10.7. The quantitative estimate of drug-likeness (QED) is 0.148. The Morgan fingerprint density at radius 1 is 0.674 bits per heavy atom. The van der Waals surface area contributed by atoms with Gasteiger partial charge in [-0.15, -0.1) is 0 Å². The second-order valence-corrected chi connectivity index (χ2v) is 13.1. The second-order valence-electron chi connectivity index (χ2n) is 11.0. The molecule has 1 aliphatic rings. The van der Waals surface area contributed by atoms with Crippen molar-refractivity contribution in [2.24, 2.45) is 15.0 Å². The smallest absolute Gasteiger partial charge is 0.161 e. The number of fused-ring (bicyclic) bond motifs is 5. The molecule has 6 aromatic rings. The zero-order valence-electron chi connectivity index (χ0n) is 25.3. The Morgan fingerprint density at radius 2 is 1.35 bits per heavy atom. The van der Waals surface area contributed by atoms with E-state index in [0.717, 1.165) is 16.7 Å². The van der Waals surface area contributed by atoms with Gasteiger partial charge in [0, 0.05) is 32.1 Å². The molecule has 0 spiro atoms. The van der Waals surface area contributed by atoms with Gasteiger partial charge in [-0.25, -0.2) is 9.98 Å². The van der Waals surface area contributed by atoms with Crippen LogP contribution in [-0.4, -0.2) is 18.4 Å². The summed E-state index contributed by atoms with van der Waals surface area (Å²) in [4.78, 5) is 14.4. The molecule has 5 aromatic carbocycles. The van der Waals surface area contributed by atoms with Crippen LogP contribution in [0.4, 0.5) is 0 Å². The largest absolute Gasteiger partial charge is 0.261 e. The normalized spacial score (nSPS) is 14.2. The van der Waals surface area contributed by atoms with Crippen molar-refractivity contribution < 1.29 is 0 Å². The van der Waals surface area contributed by atoms with Crippen molar-refractivity contribution in [3.8, 4) is 5.30 Å². The number of amidine groups is 2. The zero-order valence-corrected chi connectivity index (χ0v) is 26.1. The fourth-order valence-corrected chi connectivity index (χ4v) is 9.36. The van der Waals surface area contributed by atoms with Crippen LogP contribution in [0.3, 0.4) is 0 Å². The number of hydrogen-bond donors (Lipinski definition) is 0. The molecule has 1 unspecified atom stereocenters. The van der Waals surface area contributed by atoms with Gasteiger partial charge in [0.25, 0.3) is 0 Å². The standard InChI is InChI=1S/C37H30N3P.C2H6/c1-37(2)30-19-12-18-29-28-17-10-11-20-32(28)41(34(29)30)33-22-21-27(23-31(33)37)36(39-24-25-13-6-4-7-14-25)40-35(38-3)26-15-8-5-9-16-26;1-2/h4-23H,3,24H2,1-2H3;1-2H3. The highest BCUT2D eigenvalue weighted by atomic mass is 31.1. The third kappa shape index (κ3) is 5.05. The molecule has 212 valence electrons. The van der Waals surface area contributed by atoms with Gasteiger partial charge < -0.3 is 0 Å². The van der Waals surface area contributed by atoms with Crippen molar-refractivity contribution in [3.63, 3.8) is 0 Å². The lowest BCUT2D eigenvalue weighted by molar-refractivity contribution is 0.649. The van der Waals surface area contributed by atoms with Crippen LogP contribution in [-0.2, 0) is 12.0 Å². The molecule has 0 saturated heterocycles. The van der Waals surface area contributed by atoms with E-state index in [1.807, 2.05) is 62.4 Å². The van der Waals surface area contributed by atoms with Crippen LogP contribution >= 0.6 is 7.53 Å². The number of hydrogen-bond acceptors (Lipinski definition) is 1. The summed E-state index contributed by atoms with van der Waals surface area (Å²) in [5.74, 6) is 1.23. The van der Waals surface area contributed by atoms with E-state index in [2.05, 4.69) is 98.4 Å². The van der Waals surface area contributed by atoms with Crippen molar-refractivity contribution in [2.75, 3.05) is 0 Å². The summed E-state index contributed by atoms with van der Waals surface area (Å²) in [7, 11) is -0.619. The van der Waals surface area contributed by atoms with E-state index in [9.17, 15) is 0 Å². The Bertz CT molecular complexity index is 2000. The molecule has 7 rings (SSSR count). The summed E-state index contributed by atoms with van der Waals surface area (Å²) in [6, 6.07) is 42.9. The van der Waals surface area contributed by atoms with Crippen LogP contribution in [0.15, 0.2) is 136 Å². The van der Waals surface area contributed by atoms with Crippen LogP contribution < -0.4 is 0 Å². The fraction of sp³-hybridized carbons (Fsp3) is 0.154. The van der Waals surface area contributed by atoms with Crippen LogP contribution in [0, 0.1) is 0 Å². The Kier molecular flexibility index (Phi) is 7.93. The van der Waals surface area contributed by atoms with Gasteiger partial charge in [-0.1, -0.05) is 144 Å². The molecule has 0 fully saturated rings. The molecule has 0 amide bonds. The van der Waals surface area contributed by atoms with Gasteiger partial charge >= 0.3 is 0 Å². The van der Waals surface area contributed by atoms with E-state index in [4.69, 9.17) is 9.98 Å². The average molecular weight is 578 g/mol. The molecular formula is C39H36N3P. The van der Waals surface area contributed by atoms with Crippen LogP contribution in [0.2, 0.25) is 0 Å². The van der Waals surface area contributed by atoms with E-state index in [1.54, 1.807) is 0 Å². The summed E-state index contributed by atoms with van der Waals surface area (Å²) >= 11 is 0. The molecule has 0 bridgehead atoms.